The molecule has 0 unspecified atom stereocenters. The molecule has 0 saturated carbocycles. The van der Waals surface area contributed by atoms with Crippen LogP contribution in [-0.2, 0) is 6.42 Å². The van der Waals surface area contributed by atoms with Crippen LogP contribution >= 0.6 is 0 Å². The van der Waals surface area contributed by atoms with Gasteiger partial charge in [0.2, 0.25) is 0 Å². The molecule has 0 aliphatic carbocycles. The maximum absolute atomic E-state index is 5.62. The van der Waals surface area contributed by atoms with E-state index in [0.29, 0.717) is 5.92 Å². The van der Waals surface area contributed by atoms with Gasteiger partial charge in [-0.15, -0.1) is 0 Å². The second kappa shape index (κ2) is 3.15. The Morgan fingerprint density at radius 2 is 2.25 bits per heavy atom. The van der Waals surface area contributed by atoms with Gasteiger partial charge in [-0.05, 0) is 30.5 Å². The summed E-state index contributed by atoms with van der Waals surface area (Å²) >= 11 is 0. The number of rotatable bonds is 1. The van der Waals surface area contributed by atoms with Gasteiger partial charge in [-0.2, -0.15) is 0 Å². The van der Waals surface area contributed by atoms with E-state index in [1.807, 2.05) is 0 Å². The van der Waals surface area contributed by atoms with Gasteiger partial charge in [0.15, 0.2) is 0 Å². The van der Waals surface area contributed by atoms with Crippen LogP contribution in [0.3, 0.4) is 0 Å². The van der Waals surface area contributed by atoms with Crippen LogP contribution in [0.15, 0.2) is 24.3 Å². The summed E-state index contributed by atoms with van der Waals surface area (Å²) in [7, 11) is 0. The molecule has 1 aromatic rings. The van der Waals surface area contributed by atoms with E-state index in [1.165, 1.54) is 11.3 Å². The van der Waals surface area contributed by atoms with E-state index >= 15 is 0 Å². The van der Waals surface area contributed by atoms with Crippen molar-refractivity contribution in [3.05, 3.63) is 29.8 Å². The highest BCUT2D eigenvalue weighted by Crippen LogP contribution is 2.23. The lowest BCUT2D eigenvalue weighted by Gasteiger charge is -2.24. The molecule has 3 N–H and O–H groups in total. The fourth-order valence-electron chi connectivity index (χ4n) is 1.67. The highest BCUT2D eigenvalue weighted by molar-refractivity contribution is 5.53. The molecule has 1 heterocycles. The van der Waals surface area contributed by atoms with Crippen LogP contribution in [0.25, 0.3) is 0 Å². The first-order valence-corrected chi connectivity index (χ1v) is 4.42. The third kappa shape index (κ3) is 1.30. The number of benzene rings is 1. The summed E-state index contributed by atoms with van der Waals surface area (Å²) in [5.41, 5.74) is 8.30. The van der Waals surface area contributed by atoms with Gasteiger partial charge >= 0.3 is 0 Å². The number of fused-ring (bicyclic) bond motifs is 1. The van der Waals surface area contributed by atoms with Gasteiger partial charge in [-0.1, -0.05) is 18.2 Å². The van der Waals surface area contributed by atoms with Gasteiger partial charge in [0.1, 0.15) is 0 Å². The van der Waals surface area contributed by atoms with Gasteiger partial charge in [0.05, 0.1) is 0 Å². The molecule has 2 heteroatoms. The standard InChI is InChI=1S/C10H14N2/c11-6-8-5-9-3-1-2-4-10(9)12-7-8/h1-4,8,12H,5-7,11H2/t8-/m1/s1. The third-order valence-corrected chi connectivity index (χ3v) is 2.44. The largest absolute Gasteiger partial charge is 0.384 e. The summed E-state index contributed by atoms with van der Waals surface area (Å²) in [4.78, 5) is 0. The predicted octanol–water partition coefficient (Wildman–Crippen LogP) is 1.23. The van der Waals surface area contributed by atoms with Crippen LogP contribution in [0.2, 0.25) is 0 Å². The zero-order valence-corrected chi connectivity index (χ0v) is 7.09. The Kier molecular flexibility index (Phi) is 2.00. The van der Waals surface area contributed by atoms with E-state index in [2.05, 4.69) is 29.6 Å². The summed E-state index contributed by atoms with van der Waals surface area (Å²) in [5, 5.41) is 3.38. The number of para-hydroxylation sites is 1. The van der Waals surface area contributed by atoms with Crippen molar-refractivity contribution in [1.82, 2.24) is 0 Å². The SMILES string of the molecule is NC[C@@H]1CNc2ccccc2C1. The lowest BCUT2D eigenvalue weighted by Crippen LogP contribution is -2.29. The van der Waals surface area contributed by atoms with E-state index < -0.39 is 0 Å². The van der Waals surface area contributed by atoms with Gasteiger partial charge in [-0.25, -0.2) is 0 Å². The van der Waals surface area contributed by atoms with Crippen LogP contribution < -0.4 is 11.1 Å². The zero-order valence-electron chi connectivity index (χ0n) is 7.09. The first-order valence-electron chi connectivity index (χ1n) is 4.42. The summed E-state index contributed by atoms with van der Waals surface area (Å²) in [5.74, 6) is 0.611. The highest BCUT2D eigenvalue weighted by Gasteiger charge is 2.15. The second-order valence-corrected chi connectivity index (χ2v) is 3.34. The minimum atomic E-state index is 0.611. The normalized spacial score (nSPS) is 21.2. The van der Waals surface area contributed by atoms with E-state index in [1.54, 1.807) is 0 Å². The Hall–Kier alpha value is -1.02. The van der Waals surface area contributed by atoms with Crippen molar-refractivity contribution in [1.29, 1.82) is 0 Å². The Morgan fingerprint density at radius 3 is 3.08 bits per heavy atom. The average molecular weight is 162 g/mol. The van der Waals surface area contributed by atoms with Crippen LogP contribution in [0.5, 0.6) is 0 Å². The molecule has 1 atom stereocenters. The number of hydrogen-bond donors (Lipinski definition) is 2. The quantitative estimate of drug-likeness (QED) is 0.651. The van der Waals surface area contributed by atoms with Crippen LogP contribution in [0.1, 0.15) is 5.56 Å². The highest BCUT2D eigenvalue weighted by atomic mass is 14.9. The number of nitrogens with two attached hydrogens (primary N) is 1. The molecular weight excluding hydrogens is 148 g/mol. The smallest absolute Gasteiger partial charge is 0.0372 e. The maximum Gasteiger partial charge on any atom is 0.0372 e. The minimum absolute atomic E-state index is 0.611. The summed E-state index contributed by atoms with van der Waals surface area (Å²) in [6.07, 6.45) is 1.12. The van der Waals surface area contributed by atoms with Crippen LogP contribution in [0, 0.1) is 5.92 Å². The molecule has 12 heavy (non-hydrogen) atoms. The van der Waals surface area contributed by atoms with Gasteiger partial charge < -0.3 is 11.1 Å². The molecule has 0 radical (unpaired) electrons. The van der Waals surface area contributed by atoms with E-state index in [9.17, 15) is 0 Å². The molecule has 0 amide bonds. The topological polar surface area (TPSA) is 38.0 Å². The first-order chi connectivity index (χ1) is 5.90. The molecule has 0 fully saturated rings. The van der Waals surface area contributed by atoms with Crippen LogP contribution in [0.4, 0.5) is 5.69 Å². The van der Waals surface area contributed by atoms with E-state index in [0.717, 1.165) is 19.5 Å². The fraction of sp³-hybridized carbons (Fsp3) is 0.400. The van der Waals surface area contributed by atoms with Gasteiger partial charge in [-0.3, -0.25) is 0 Å². The fourth-order valence-corrected chi connectivity index (χ4v) is 1.67. The van der Waals surface area contributed by atoms with Crippen LogP contribution in [-0.4, -0.2) is 13.1 Å². The van der Waals surface area contributed by atoms with Gasteiger partial charge in [0, 0.05) is 12.2 Å². The monoisotopic (exact) mass is 162 g/mol. The second-order valence-electron chi connectivity index (χ2n) is 3.34. The summed E-state index contributed by atoms with van der Waals surface area (Å²) in [6.45, 7) is 1.80. The summed E-state index contributed by atoms with van der Waals surface area (Å²) in [6, 6.07) is 8.44. The molecular formula is C10H14N2. The zero-order chi connectivity index (χ0) is 8.39. The van der Waals surface area contributed by atoms with Gasteiger partial charge in [0.25, 0.3) is 0 Å². The maximum atomic E-state index is 5.62. The molecule has 1 aromatic carbocycles. The number of nitrogens with one attached hydrogen (secondary N) is 1. The van der Waals surface area contributed by atoms with Crippen molar-refractivity contribution in [2.45, 2.75) is 6.42 Å². The lowest BCUT2D eigenvalue weighted by molar-refractivity contribution is 0.550. The van der Waals surface area contributed by atoms with Crippen molar-refractivity contribution in [2.75, 3.05) is 18.4 Å². The molecule has 0 aromatic heterocycles. The number of anilines is 1. The Labute approximate surface area is 72.8 Å². The Balaban J connectivity index is 2.23. The summed E-state index contributed by atoms with van der Waals surface area (Å²) < 4.78 is 0. The molecule has 0 saturated heterocycles. The average Bonchev–Trinajstić information content (AvgIpc) is 2.17. The molecule has 1 aliphatic heterocycles. The van der Waals surface area contributed by atoms with Crippen molar-refractivity contribution in [3.63, 3.8) is 0 Å². The van der Waals surface area contributed by atoms with Crippen molar-refractivity contribution < 1.29 is 0 Å². The molecule has 1 aliphatic rings. The first kappa shape index (κ1) is 7.62. The molecule has 0 bridgehead atoms. The van der Waals surface area contributed by atoms with Crippen molar-refractivity contribution >= 4 is 5.69 Å². The third-order valence-electron chi connectivity index (χ3n) is 2.44. The lowest BCUT2D eigenvalue weighted by atomic mass is 9.94. The minimum Gasteiger partial charge on any atom is -0.384 e. The molecule has 0 spiro atoms. The molecule has 2 nitrogen and oxygen atoms in total. The number of hydrogen-bond acceptors (Lipinski definition) is 2. The van der Waals surface area contributed by atoms with E-state index in [4.69, 9.17) is 5.73 Å². The van der Waals surface area contributed by atoms with E-state index in [-0.39, 0.29) is 0 Å². The Bertz CT molecular complexity index is 270. The molecule has 2 rings (SSSR count). The van der Waals surface area contributed by atoms with Crippen molar-refractivity contribution in [3.8, 4) is 0 Å². The predicted molar refractivity (Wildman–Crippen MR) is 51.2 cm³/mol. The van der Waals surface area contributed by atoms with Crippen molar-refractivity contribution in [2.24, 2.45) is 11.7 Å². The Morgan fingerprint density at radius 1 is 1.42 bits per heavy atom. The molecule has 64 valence electrons.